The molecule has 0 bridgehead atoms. The SMILES string of the molecule is CC=C(Cl)Cc1cncc(Cl)c1. The van der Waals surface area contributed by atoms with E-state index in [1.54, 1.807) is 12.4 Å². The van der Waals surface area contributed by atoms with Gasteiger partial charge in [-0.15, -0.1) is 0 Å². The van der Waals surface area contributed by atoms with Gasteiger partial charge in [0.1, 0.15) is 0 Å². The van der Waals surface area contributed by atoms with Crippen molar-refractivity contribution in [2.75, 3.05) is 0 Å². The van der Waals surface area contributed by atoms with Gasteiger partial charge in [0.2, 0.25) is 0 Å². The van der Waals surface area contributed by atoms with Crippen LogP contribution in [0, 0.1) is 0 Å². The molecule has 0 unspecified atom stereocenters. The zero-order valence-electron chi connectivity index (χ0n) is 6.72. The topological polar surface area (TPSA) is 12.9 Å². The second kappa shape index (κ2) is 4.48. The fraction of sp³-hybridized carbons (Fsp3) is 0.222. The van der Waals surface area contributed by atoms with Crippen LogP contribution in [0.15, 0.2) is 29.6 Å². The second-order valence-electron chi connectivity index (χ2n) is 2.42. The molecule has 0 N–H and O–H groups in total. The van der Waals surface area contributed by atoms with Crippen molar-refractivity contribution >= 4 is 23.2 Å². The Morgan fingerprint density at radius 3 is 2.92 bits per heavy atom. The number of rotatable bonds is 2. The van der Waals surface area contributed by atoms with Crippen LogP contribution < -0.4 is 0 Å². The van der Waals surface area contributed by atoms with Crippen molar-refractivity contribution in [2.24, 2.45) is 0 Å². The zero-order valence-corrected chi connectivity index (χ0v) is 8.23. The summed E-state index contributed by atoms with van der Waals surface area (Å²) in [5.41, 5.74) is 1.03. The lowest BCUT2D eigenvalue weighted by Gasteiger charge is -1.98. The van der Waals surface area contributed by atoms with Crippen LogP contribution in [0.25, 0.3) is 0 Å². The van der Waals surface area contributed by atoms with E-state index in [4.69, 9.17) is 23.2 Å². The van der Waals surface area contributed by atoms with Gasteiger partial charge in [-0.25, -0.2) is 0 Å². The monoisotopic (exact) mass is 201 g/mol. The lowest BCUT2D eigenvalue weighted by molar-refractivity contribution is 1.17. The largest absolute Gasteiger partial charge is 0.263 e. The van der Waals surface area contributed by atoms with Crippen LogP contribution in [0.4, 0.5) is 0 Å². The standard InChI is InChI=1S/C9H9Cl2N/c1-2-8(10)3-7-4-9(11)6-12-5-7/h2,4-6H,3H2,1H3. The summed E-state index contributed by atoms with van der Waals surface area (Å²) < 4.78 is 0. The molecule has 3 heteroatoms. The number of nitrogens with zero attached hydrogens (tertiary/aromatic N) is 1. The molecule has 0 fully saturated rings. The number of aromatic nitrogens is 1. The van der Waals surface area contributed by atoms with Crippen LogP contribution in [-0.2, 0) is 6.42 Å². The van der Waals surface area contributed by atoms with E-state index in [0.717, 1.165) is 10.6 Å². The quantitative estimate of drug-likeness (QED) is 0.715. The normalized spacial score (nSPS) is 11.8. The van der Waals surface area contributed by atoms with E-state index in [1.165, 1.54) is 0 Å². The average Bonchev–Trinajstić information content (AvgIpc) is 2.04. The Bertz CT molecular complexity index is 294. The predicted octanol–water partition coefficient (Wildman–Crippen LogP) is 3.42. The number of hydrogen-bond donors (Lipinski definition) is 0. The molecule has 0 aliphatic rings. The van der Waals surface area contributed by atoms with E-state index in [9.17, 15) is 0 Å². The smallest absolute Gasteiger partial charge is 0.0592 e. The third kappa shape index (κ3) is 2.84. The highest BCUT2D eigenvalue weighted by atomic mass is 35.5. The maximum atomic E-state index is 5.84. The first-order valence-electron chi connectivity index (χ1n) is 3.62. The maximum absolute atomic E-state index is 5.84. The molecule has 12 heavy (non-hydrogen) atoms. The summed E-state index contributed by atoms with van der Waals surface area (Å²) in [7, 11) is 0. The van der Waals surface area contributed by atoms with Crippen molar-refractivity contribution in [3.63, 3.8) is 0 Å². The van der Waals surface area contributed by atoms with Crippen molar-refractivity contribution in [3.8, 4) is 0 Å². The molecule has 1 aromatic rings. The van der Waals surface area contributed by atoms with Gasteiger partial charge < -0.3 is 0 Å². The summed E-state index contributed by atoms with van der Waals surface area (Å²) in [6.45, 7) is 1.90. The van der Waals surface area contributed by atoms with Crippen LogP contribution >= 0.6 is 23.2 Å². The second-order valence-corrected chi connectivity index (χ2v) is 3.35. The molecule has 1 rings (SSSR count). The summed E-state index contributed by atoms with van der Waals surface area (Å²) in [5.74, 6) is 0. The average molecular weight is 202 g/mol. The fourth-order valence-corrected chi connectivity index (χ4v) is 1.20. The van der Waals surface area contributed by atoms with Crippen LogP contribution in [0.2, 0.25) is 5.02 Å². The van der Waals surface area contributed by atoms with Crippen LogP contribution in [0.3, 0.4) is 0 Å². The first kappa shape index (κ1) is 9.56. The third-order valence-electron chi connectivity index (χ3n) is 1.45. The first-order chi connectivity index (χ1) is 5.72. The Morgan fingerprint density at radius 2 is 2.33 bits per heavy atom. The Labute approximate surface area is 82.0 Å². The van der Waals surface area contributed by atoms with Crippen molar-refractivity contribution < 1.29 is 0 Å². The van der Waals surface area contributed by atoms with Crippen LogP contribution in [0.1, 0.15) is 12.5 Å². The van der Waals surface area contributed by atoms with E-state index in [2.05, 4.69) is 4.98 Å². The highest BCUT2D eigenvalue weighted by Gasteiger charge is 1.96. The predicted molar refractivity (Wildman–Crippen MR) is 52.6 cm³/mol. The lowest BCUT2D eigenvalue weighted by atomic mass is 10.2. The van der Waals surface area contributed by atoms with Gasteiger partial charge in [-0.05, 0) is 18.6 Å². The summed E-state index contributed by atoms with van der Waals surface area (Å²) in [5, 5.41) is 1.45. The minimum atomic E-state index is 0.646. The molecule has 1 heterocycles. The molecule has 0 aliphatic carbocycles. The number of hydrogen-bond acceptors (Lipinski definition) is 1. The summed E-state index contributed by atoms with van der Waals surface area (Å²) in [6.07, 6.45) is 5.93. The van der Waals surface area contributed by atoms with Gasteiger partial charge in [0.25, 0.3) is 0 Å². The van der Waals surface area contributed by atoms with Gasteiger partial charge in [-0.1, -0.05) is 29.3 Å². The summed E-state index contributed by atoms with van der Waals surface area (Å²) in [6, 6.07) is 1.86. The summed E-state index contributed by atoms with van der Waals surface area (Å²) in [4.78, 5) is 3.95. The molecule has 0 aliphatic heterocycles. The number of allylic oxidation sites excluding steroid dienone is 2. The van der Waals surface area contributed by atoms with Crippen molar-refractivity contribution in [1.82, 2.24) is 4.98 Å². The lowest BCUT2D eigenvalue weighted by Crippen LogP contribution is -1.85. The molecular weight excluding hydrogens is 193 g/mol. The molecule has 1 nitrogen and oxygen atoms in total. The molecule has 0 radical (unpaired) electrons. The van der Waals surface area contributed by atoms with Crippen LogP contribution in [0.5, 0.6) is 0 Å². The Balaban J connectivity index is 2.76. The number of pyridine rings is 1. The molecule has 0 amide bonds. The minimum absolute atomic E-state index is 0.646. The Kier molecular flexibility index (Phi) is 3.57. The van der Waals surface area contributed by atoms with Crippen molar-refractivity contribution in [1.29, 1.82) is 0 Å². The van der Waals surface area contributed by atoms with Crippen molar-refractivity contribution in [2.45, 2.75) is 13.3 Å². The maximum Gasteiger partial charge on any atom is 0.0592 e. The van der Waals surface area contributed by atoms with Gasteiger partial charge in [-0.2, -0.15) is 0 Å². The molecule has 64 valence electrons. The first-order valence-corrected chi connectivity index (χ1v) is 4.38. The minimum Gasteiger partial charge on any atom is -0.263 e. The summed E-state index contributed by atoms with van der Waals surface area (Å²) >= 11 is 11.6. The third-order valence-corrected chi connectivity index (χ3v) is 2.01. The highest BCUT2D eigenvalue weighted by molar-refractivity contribution is 6.30. The Morgan fingerprint density at radius 1 is 1.58 bits per heavy atom. The zero-order chi connectivity index (χ0) is 8.97. The molecule has 0 saturated carbocycles. The molecule has 0 spiro atoms. The molecular formula is C9H9Cl2N. The van der Waals surface area contributed by atoms with Gasteiger partial charge in [0, 0.05) is 23.8 Å². The molecule has 0 saturated heterocycles. The number of halogens is 2. The fourth-order valence-electron chi connectivity index (χ4n) is 0.850. The van der Waals surface area contributed by atoms with E-state index < -0.39 is 0 Å². The molecule has 0 atom stereocenters. The van der Waals surface area contributed by atoms with E-state index >= 15 is 0 Å². The van der Waals surface area contributed by atoms with Gasteiger partial charge in [0.15, 0.2) is 0 Å². The van der Waals surface area contributed by atoms with E-state index in [0.29, 0.717) is 11.4 Å². The van der Waals surface area contributed by atoms with Gasteiger partial charge >= 0.3 is 0 Å². The molecule has 0 aromatic carbocycles. The van der Waals surface area contributed by atoms with Crippen LogP contribution in [-0.4, -0.2) is 4.98 Å². The van der Waals surface area contributed by atoms with E-state index in [-0.39, 0.29) is 0 Å². The Hall–Kier alpha value is -0.530. The van der Waals surface area contributed by atoms with Crippen molar-refractivity contribution in [3.05, 3.63) is 40.2 Å². The highest BCUT2D eigenvalue weighted by Crippen LogP contribution is 2.14. The molecule has 1 aromatic heterocycles. The van der Waals surface area contributed by atoms with Gasteiger partial charge in [0.05, 0.1) is 5.02 Å². The van der Waals surface area contributed by atoms with Gasteiger partial charge in [-0.3, -0.25) is 4.98 Å². The van der Waals surface area contributed by atoms with E-state index in [1.807, 2.05) is 19.1 Å².